The lowest BCUT2D eigenvalue weighted by Gasteiger charge is -2.09. The van der Waals surface area contributed by atoms with Gasteiger partial charge in [-0.15, -0.1) is 11.3 Å². The second-order valence-electron chi connectivity index (χ2n) is 6.25. The maximum Gasteiger partial charge on any atom is 0.348 e. The van der Waals surface area contributed by atoms with Gasteiger partial charge < -0.3 is 29.2 Å². The van der Waals surface area contributed by atoms with E-state index in [0.29, 0.717) is 17.5 Å². The van der Waals surface area contributed by atoms with Crippen LogP contribution in [0.25, 0.3) is 0 Å². The number of esters is 3. The monoisotopic (exact) mass is 461 g/mol. The number of carbonyl (C=O) groups is 3. The number of benzene rings is 1. The maximum absolute atomic E-state index is 12.5. The van der Waals surface area contributed by atoms with Gasteiger partial charge in [-0.3, -0.25) is 0 Å². The highest BCUT2D eigenvalue weighted by Crippen LogP contribution is 2.33. The van der Waals surface area contributed by atoms with Crippen LogP contribution < -0.4 is 10.5 Å². The summed E-state index contributed by atoms with van der Waals surface area (Å²) >= 11 is 0.850. The summed E-state index contributed by atoms with van der Waals surface area (Å²) in [7, 11) is 2.37. The molecule has 0 aliphatic heterocycles. The first-order valence-electron chi connectivity index (χ1n) is 9.11. The Kier molecular flexibility index (Phi) is 7.05. The highest BCUT2D eigenvalue weighted by molar-refractivity contribution is 7.18. The Labute approximate surface area is 186 Å². The molecule has 2 heterocycles. The van der Waals surface area contributed by atoms with Crippen molar-refractivity contribution in [2.75, 3.05) is 20.0 Å². The van der Waals surface area contributed by atoms with Gasteiger partial charge in [0.15, 0.2) is 6.61 Å². The quantitative estimate of drug-likeness (QED) is 0.389. The van der Waals surface area contributed by atoms with Crippen LogP contribution in [-0.4, -0.2) is 42.3 Å². The molecule has 2 aromatic heterocycles. The number of methoxy groups -OCH3 is 2. The SMILES string of the molecule is COC(=O)c1sc(N)c(C(=O)OC)c1COC(=O)c1ccc(OCc2noc(C)n2)cc1. The van der Waals surface area contributed by atoms with Crippen molar-refractivity contribution in [1.82, 2.24) is 10.1 Å². The predicted molar refractivity (Wildman–Crippen MR) is 110 cm³/mol. The van der Waals surface area contributed by atoms with Gasteiger partial charge >= 0.3 is 17.9 Å². The van der Waals surface area contributed by atoms with Gasteiger partial charge in [0, 0.05) is 12.5 Å². The highest BCUT2D eigenvalue weighted by atomic mass is 32.1. The van der Waals surface area contributed by atoms with E-state index >= 15 is 0 Å². The number of ether oxygens (including phenoxy) is 4. The first-order chi connectivity index (χ1) is 15.3. The van der Waals surface area contributed by atoms with E-state index < -0.39 is 17.9 Å². The van der Waals surface area contributed by atoms with Crippen LogP contribution in [0.5, 0.6) is 5.75 Å². The van der Waals surface area contributed by atoms with E-state index in [-0.39, 0.29) is 39.8 Å². The van der Waals surface area contributed by atoms with Gasteiger partial charge in [-0.1, -0.05) is 5.16 Å². The summed E-state index contributed by atoms with van der Waals surface area (Å²) in [5.41, 5.74) is 6.17. The van der Waals surface area contributed by atoms with Crippen molar-refractivity contribution in [2.24, 2.45) is 0 Å². The van der Waals surface area contributed by atoms with Gasteiger partial charge in [-0.2, -0.15) is 4.98 Å². The minimum atomic E-state index is -0.752. The summed E-state index contributed by atoms with van der Waals surface area (Å²) in [6.07, 6.45) is 0. The number of thiophene rings is 1. The fraction of sp³-hybridized carbons (Fsp3) is 0.250. The molecule has 0 spiro atoms. The summed E-state index contributed by atoms with van der Waals surface area (Å²) in [5, 5.41) is 3.78. The van der Waals surface area contributed by atoms with Crippen LogP contribution in [0.2, 0.25) is 0 Å². The van der Waals surface area contributed by atoms with E-state index in [0.717, 1.165) is 11.3 Å². The zero-order valence-electron chi connectivity index (χ0n) is 17.4. The van der Waals surface area contributed by atoms with Crippen molar-refractivity contribution < 1.29 is 37.9 Å². The molecule has 0 bridgehead atoms. The summed E-state index contributed by atoms with van der Waals surface area (Å²) in [4.78, 5) is 40.7. The Hall–Kier alpha value is -3.93. The van der Waals surface area contributed by atoms with Gasteiger partial charge in [0.2, 0.25) is 11.7 Å². The Morgan fingerprint density at radius 1 is 1.03 bits per heavy atom. The summed E-state index contributed by atoms with van der Waals surface area (Å²) < 4.78 is 25.1. The molecular weight excluding hydrogens is 442 g/mol. The lowest BCUT2D eigenvalue weighted by atomic mass is 10.1. The average molecular weight is 461 g/mol. The zero-order valence-corrected chi connectivity index (χ0v) is 18.2. The van der Waals surface area contributed by atoms with Crippen molar-refractivity contribution in [2.45, 2.75) is 20.1 Å². The number of nitrogen functional groups attached to an aromatic ring is 1. The fourth-order valence-corrected chi connectivity index (χ4v) is 3.64. The summed E-state index contributed by atoms with van der Waals surface area (Å²) in [6, 6.07) is 6.16. The molecule has 3 rings (SSSR count). The third-order valence-electron chi connectivity index (χ3n) is 4.17. The summed E-state index contributed by atoms with van der Waals surface area (Å²) in [5.74, 6) is -0.833. The van der Waals surface area contributed by atoms with Crippen LogP contribution >= 0.6 is 11.3 Å². The average Bonchev–Trinajstić information content (AvgIpc) is 3.37. The normalized spacial score (nSPS) is 10.5. The zero-order chi connectivity index (χ0) is 23.3. The Morgan fingerprint density at radius 3 is 2.31 bits per heavy atom. The van der Waals surface area contributed by atoms with E-state index in [1.165, 1.54) is 26.4 Å². The van der Waals surface area contributed by atoms with Crippen LogP contribution in [0.15, 0.2) is 28.8 Å². The lowest BCUT2D eigenvalue weighted by Crippen LogP contribution is -2.12. The highest BCUT2D eigenvalue weighted by Gasteiger charge is 2.28. The first-order valence-corrected chi connectivity index (χ1v) is 9.92. The molecule has 0 saturated heterocycles. The molecule has 11 nitrogen and oxygen atoms in total. The van der Waals surface area contributed by atoms with Crippen LogP contribution in [0.3, 0.4) is 0 Å². The van der Waals surface area contributed by atoms with E-state index in [9.17, 15) is 14.4 Å². The van der Waals surface area contributed by atoms with Gasteiger partial charge in [-0.25, -0.2) is 14.4 Å². The number of hydrogen-bond acceptors (Lipinski definition) is 12. The van der Waals surface area contributed by atoms with Crippen molar-refractivity contribution in [3.63, 3.8) is 0 Å². The first kappa shape index (κ1) is 22.7. The molecule has 0 saturated carbocycles. The second kappa shape index (κ2) is 9.92. The van der Waals surface area contributed by atoms with Crippen LogP contribution in [-0.2, 0) is 27.4 Å². The topological polar surface area (TPSA) is 153 Å². The number of anilines is 1. The number of aryl methyl sites for hydroxylation is 1. The van der Waals surface area contributed by atoms with Gasteiger partial charge in [0.25, 0.3) is 0 Å². The smallest absolute Gasteiger partial charge is 0.348 e. The van der Waals surface area contributed by atoms with Crippen molar-refractivity contribution in [3.05, 3.63) is 57.5 Å². The molecule has 1 aromatic carbocycles. The number of aromatic nitrogens is 2. The van der Waals surface area contributed by atoms with Crippen LogP contribution in [0.1, 0.15) is 47.7 Å². The Morgan fingerprint density at radius 2 is 1.72 bits per heavy atom. The molecule has 0 amide bonds. The summed E-state index contributed by atoms with van der Waals surface area (Å²) in [6.45, 7) is 1.40. The Bertz CT molecular complexity index is 1140. The molecule has 0 atom stereocenters. The van der Waals surface area contributed by atoms with E-state index in [1.807, 2.05) is 0 Å². The van der Waals surface area contributed by atoms with E-state index in [4.69, 9.17) is 29.2 Å². The minimum absolute atomic E-state index is 0.0360. The van der Waals surface area contributed by atoms with E-state index in [1.54, 1.807) is 19.1 Å². The minimum Gasteiger partial charge on any atom is -0.485 e. The molecule has 0 fully saturated rings. The number of hydrogen-bond donors (Lipinski definition) is 1. The third kappa shape index (κ3) is 5.03. The maximum atomic E-state index is 12.5. The molecule has 0 aliphatic carbocycles. The lowest BCUT2D eigenvalue weighted by molar-refractivity contribution is 0.0452. The number of rotatable bonds is 8. The largest absolute Gasteiger partial charge is 0.485 e. The van der Waals surface area contributed by atoms with Gasteiger partial charge in [-0.05, 0) is 24.3 Å². The molecule has 0 aliphatic rings. The molecule has 3 aromatic rings. The molecule has 0 unspecified atom stereocenters. The standard InChI is InChI=1S/C20H19N3O8S/c1-10-22-14(23-31-10)9-29-12-6-4-11(5-7-12)18(24)30-8-13-15(19(25)27-2)17(21)32-16(13)20(26)28-3/h4-7H,8-9,21H2,1-3H3. The molecule has 12 heteroatoms. The van der Waals surface area contributed by atoms with Crippen molar-refractivity contribution >= 4 is 34.2 Å². The number of nitrogens with zero attached hydrogens (tertiary/aromatic N) is 2. The number of carbonyl (C=O) groups excluding carboxylic acids is 3. The molecule has 0 radical (unpaired) electrons. The molecule has 2 N–H and O–H groups in total. The van der Waals surface area contributed by atoms with Crippen LogP contribution in [0.4, 0.5) is 5.00 Å². The van der Waals surface area contributed by atoms with Gasteiger partial charge in [0.1, 0.15) is 27.8 Å². The van der Waals surface area contributed by atoms with E-state index in [2.05, 4.69) is 10.1 Å². The van der Waals surface area contributed by atoms with Crippen molar-refractivity contribution in [3.8, 4) is 5.75 Å². The molecule has 168 valence electrons. The second-order valence-corrected chi connectivity index (χ2v) is 7.30. The molecule has 32 heavy (non-hydrogen) atoms. The van der Waals surface area contributed by atoms with Crippen molar-refractivity contribution in [1.29, 1.82) is 0 Å². The Balaban J connectivity index is 1.68. The van der Waals surface area contributed by atoms with Crippen LogP contribution in [0, 0.1) is 6.92 Å². The number of nitrogens with two attached hydrogens (primary N) is 1. The predicted octanol–water partition coefficient (Wildman–Crippen LogP) is 2.53. The van der Waals surface area contributed by atoms with Gasteiger partial charge in [0.05, 0.1) is 19.8 Å². The fourth-order valence-electron chi connectivity index (χ4n) is 2.66. The third-order valence-corrected chi connectivity index (χ3v) is 5.21. The molecular formula is C20H19N3O8S.